The van der Waals surface area contributed by atoms with Gasteiger partial charge in [0.15, 0.2) is 17.3 Å². The van der Waals surface area contributed by atoms with Gasteiger partial charge in [0.1, 0.15) is 0 Å². The predicted octanol–water partition coefficient (Wildman–Crippen LogP) is 3.33. The molecule has 0 aliphatic carbocycles. The standard InChI is InChI=1S/C11H14F2N2O2/c1-6(2)7(3)14-11-9(15(16)17)5-4-8(12)10(11)13/h4-7,14H,1-3H3. The molecule has 0 saturated carbocycles. The quantitative estimate of drug-likeness (QED) is 0.652. The monoisotopic (exact) mass is 244 g/mol. The smallest absolute Gasteiger partial charge is 0.295 e. The third kappa shape index (κ3) is 2.89. The van der Waals surface area contributed by atoms with Crippen molar-refractivity contribution in [2.24, 2.45) is 5.92 Å². The van der Waals surface area contributed by atoms with Gasteiger partial charge in [0.05, 0.1) is 4.92 Å². The average molecular weight is 244 g/mol. The van der Waals surface area contributed by atoms with Gasteiger partial charge in [0.2, 0.25) is 0 Å². The van der Waals surface area contributed by atoms with Gasteiger partial charge in [-0.15, -0.1) is 0 Å². The molecule has 0 aromatic heterocycles. The van der Waals surface area contributed by atoms with Crippen molar-refractivity contribution in [3.8, 4) is 0 Å². The zero-order chi connectivity index (χ0) is 13.2. The summed E-state index contributed by atoms with van der Waals surface area (Å²) in [5.74, 6) is -2.18. The average Bonchev–Trinajstić information content (AvgIpc) is 2.24. The van der Waals surface area contributed by atoms with Crippen LogP contribution in [-0.2, 0) is 0 Å². The van der Waals surface area contributed by atoms with Gasteiger partial charge < -0.3 is 5.32 Å². The van der Waals surface area contributed by atoms with Crippen LogP contribution in [0.5, 0.6) is 0 Å². The lowest BCUT2D eigenvalue weighted by atomic mass is 10.1. The van der Waals surface area contributed by atoms with E-state index in [1.165, 1.54) is 0 Å². The van der Waals surface area contributed by atoms with Gasteiger partial charge in [0, 0.05) is 12.1 Å². The number of benzene rings is 1. The molecule has 6 heteroatoms. The first-order chi connectivity index (χ1) is 7.84. The summed E-state index contributed by atoms with van der Waals surface area (Å²) in [7, 11) is 0. The van der Waals surface area contributed by atoms with Crippen molar-refractivity contribution >= 4 is 11.4 Å². The maximum absolute atomic E-state index is 13.5. The van der Waals surface area contributed by atoms with Gasteiger partial charge in [0.25, 0.3) is 5.69 Å². The Morgan fingerprint density at radius 3 is 2.35 bits per heavy atom. The molecule has 0 spiro atoms. The number of nitrogens with zero attached hydrogens (tertiary/aromatic N) is 1. The van der Waals surface area contributed by atoms with Crippen LogP contribution in [0.2, 0.25) is 0 Å². The zero-order valence-corrected chi connectivity index (χ0v) is 9.83. The van der Waals surface area contributed by atoms with E-state index in [4.69, 9.17) is 0 Å². The van der Waals surface area contributed by atoms with Crippen molar-refractivity contribution in [2.75, 3.05) is 5.32 Å². The lowest BCUT2D eigenvalue weighted by Gasteiger charge is -2.19. The molecule has 4 nitrogen and oxygen atoms in total. The molecule has 0 heterocycles. The fourth-order valence-corrected chi connectivity index (χ4v) is 1.22. The van der Waals surface area contributed by atoms with Crippen molar-refractivity contribution in [3.63, 3.8) is 0 Å². The van der Waals surface area contributed by atoms with E-state index >= 15 is 0 Å². The molecule has 1 atom stereocenters. The predicted molar refractivity (Wildman–Crippen MR) is 60.9 cm³/mol. The van der Waals surface area contributed by atoms with Gasteiger partial charge in [-0.25, -0.2) is 8.78 Å². The third-order valence-electron chi connectivity index (χ3n) is 2.64. The molecule has 0 aliphatic heterocycles. The Morgan fingerprint density at radius 1 is 1.29 bits per heavy atom. The zero-order valence-electron chi connectivity index (χ0n) is 9.83. The fraction of sp³-hybridized carbons (Fsp3) is 0.455. The van der Waals surface area contributed by atoms with E-state index in [-0.39, 0.29) is 12.0 Å². The summed E-state index contributed by atoms with van der Waals surface area (Å²) in [5.41, 5.74) is -0.854. The second-order valence-electron chi connectivity index (χ2n) is 4.19. The van der Waals surface area contributed by atoms with Gasteiger partial charge >= 0.3 is 0 Å². The molecular weight excluding hydrogens is 230 g/mol. The van der Waals surface area contributed by atoms with Crippen LogP contribution in [0, 0.1) is 27.7 Å². The Labute approximate surface area is 97.8 Å². The van der Waals surface area contributed by atoms with E-state index in [9.17, 15) is 18.9 Å². The highest BCUT2D eigenvalue weighted by molar-refractivity contribution is 5.63. The molecule has 1 rings (SSSR count). The lowest BCUT2D eigenvalue weighted by molar-refractivity contribution is -0.384. The van der Waals surface area contributed by atoms with Crippen LogP contribution in [0.3, 0.4) is 0 Å². The Hall–Kier alpha value is -1.72. The summed E-state index contributed by atoms with van der Waals surface area (Å²) in [5, 5.41) is 13.4. The van der Waals surface area contributed by atoms with E-state index in [1.807, 2.05) is 13.8 Å². The van der Waals surface area contributed by atoms with Crippen molar-refractivity contribution in [2.45, 2.75) is 26.8 Å². The Morgan fingerprint density at radius 2 is 1.88 bits per heavy atom. The maximum atomic E-state index is 13.5. The van der Waals surface area contributed by atoms with E-state index in [0.29, 0.717) is 0 Å². The first kappa shape index (κ1) is 13.3. The van der Waals surface area contributed by atoms with Gasteiger partial charge in [-0.3, -0.25) is 10.1 Å². The van der Waals surface area contributed by atoms with Crippen molar-refractivity contribution in [1.82, 2.24) is 0 Å². The number of anilines is 1. The number of nitro groups is 1. The van der Waals surface area contributed by atoms with Crippen molar-refractivity contribution in [3.05, 3.63) is 33.9 Å². The molecule has 0 bridgehead atoms. The second-order valence-corrected chi connectivity index (χ2v) is 4.19. The lowest BCUT2D eigenvalue weighted by Crippen LogP contribution is -2.23. The molecule has 1 aromatic rings. The molecule has 17 heavy (non-hydrogen) atoms. The summed E-state index contributed by atoms with van der Waals surface area (Å²) < 4.78 is 26.5. The van der Waals surface area contributed by atoms with E-state index in [1.54, 1.807) is 6.92 Å². The summed E-state index contributed by atoms with van der Waals surface area (Å²) >= 11 is 0. The number of hydrogen-bond donors (Lipinski definition) is 1. The van der Waals surface area contributed by atoms with Crippen LogP contribution in [0.4, 0.5) is 20.2 Å². The summed E-state index contributed by atoms with van der Waals surface area (Å²) in [6, 6.07) is 1.50. The Balaban J connectivity index is 3.19. The first-order valence-corrected chi connectivity index (χ1v) is 5.23. The molecule has 1 unspecified atom stereocenters. The molecule has 0 saturated heterocycles. The van der Waals surface area contributed by atoms with E-state index < -0.39 is 27.9 Å². The van der Waals surface area contributed by atoms with E-state index in [2.05, 4.69) is 5.32 Å². The summed E-state index contributed by atoms with van der Waals surface area (Å²) in [6.45, 7) is 5.50. The number of nitro benzene ring substituents is 1. The molecule has 0 aliphatic rings. The minimum absolute atomic E-state index is 0.136. The fourth-order valence-electron chi connectivity index (χ4n) is 1.22. The van der Waals surface area contributed by atoms with Gasteiger partial charge in [-0.05, 0) is 18.9 Å². The highest BCUT2D eigenvalue weighted by Crippen LogP contribution is 2.30. The number of halogens is 2. The second kappa shape index (κ2) is 5.07. The highest BCUT2D eigenvalue weighted by atomic mass is 19.2. The third-order valence-corrected chi connectivity index (χ3v) is 2.64. The normalized spacial score (nSPS) is 12.6. The van der Waals surface area contributed by atoms with Crippen molar-refractivity contribution < 1.29 is 13.7 Å². The largest absolute Gasteiger partial charge is 0.374 e. The Bertz CT molecular complexity index is 436. The van der Waals surface area contributed by atoms with Crippen LogP contribution >= 0.6 is 0 Å². The molecule has 1 aromatic carbocycles. The maximum Gasteiger partial charge on any atom is 0.295 e. The SMILES string of the molecule is CC(C)C(C)Nc1c([N+](=O)[O-])ccc(F)c1F. The van der Waals surface area contributed by atoms with Gasteiger partial charge in [-0.1, -0.05) is 13.8 Å². The van der Waals surface area contributed by atoms with Crippen LogP contribution < -0.4 is 5.32 Å². The van der Waals surface area contributed by atoms with Crippen LogP contribution in [0.1, 0.15) is 20.8 Å². The van der Waals surface area contributed by atoms with Crippen LogP contribution in [0.25, 0.3) is 0 Å². The molecular formula is C11H14F2N2O2. The van der Waals surface area contributed by atoms with Crippen LogP contribution in [-0.4, -0.2) is 11.0 Å². The molecule has 0 amide bonds. The molecule has 0 radical (unpaired) electrons. The molecule has 94 valence electrons. The molecule has 1 N–H and O–H groups in total. The topological polar surface area (TPSA) is 55.2 Å². The van der Waals surface area contributed by atoms with Crippen molar-refractivity contribution in [1.29, 1.82) is 0 Å². The first-order valence-electron chi connectivity index (χ1n) is 5.23. The summed E-state index contributed by atoms with van der Waals surface area (Å²) in [6.07, 6.45) is 0. The van der Waals surface area contributed by atoms with Gasteiger partial charge in [-0.2, -0.15) is 0 Å². The highest BCUT2D eigenvalue weighted by Gasteiger charge is 2.23. The molecule has 0 fully saturated rings. The number of hydrogen-bond acceptors (Lipinski definition) is 3. The minimum atomic E-state index is -1.22. The van der Waals surface area contributed by atoms with E-state index in [0.717, 1.165) is 12.1 Å². The number of nitrogens with one attached hydrogen (secondary N) is 1. The Kier molecular flexibility index (Phi) is 3.98. The van der Waals surface area contributed by atoms with Crippen LogP contribution in [0.15, 0.2) is 12.1 Å². The minimum Gasteiger partial charge on any atom is -0.374 e. The number of rotatable bonds is 4. The summed E-state index contributed by atoms with van der Waals surface area (Å²) in [4.78, 5) is 9.97.